The number of amides is 1. The van der Waals surface area contributed by atoms with Crippen molar-refractivity contribution in [2.75, 3.05) is 52.6 Å². The number of esters is 2. The van der Waals surface area contributed by atoms with Gasteiger partial charge in [0, 0.05) is 50.4 Å². The Kier molecular flexibility index (Phi) is 13.6. The maximum atomic E-state index is 13.1. The lowest BCUT2D eigenvalue weighted by Gasteiger charge is -2.35. The van der Waals surface area contributed by atoms with E-state index in [9.17, 15) is 14.4 Å². The van der Waals surface area contributed by atoms with Crippen LogP contribution in [0.3, 0.4) is 0 Å². The fraction of sp³-hybridized carbons (Fsp3) is 0.511. The van der Waals surface area contributed by atoms with E-state index in [0.717, 1.165) is 127 Å². The summed E-state index contributed by atoms with van der Waals surface area (Å²) in [5.41, 5.74) is 3.29. The standard InChI is InChI=1S/C26H32N2O4.C19H24N2O3/c29-24(23-11-9-21(10-12-23)19-28-15-17-31-18-16-28)27-26(13-5-2-6-14-26)25(30)32-20-22-7-3-1-4-8-22;22-18-19(8-2-1-3-9-19)20-17(24-18)16-6-4-15(5-7-16)14-21-10-12-23-13-11-21/h1,3-4,7-12H,2,5-6,13-20H2,(H,27,29);4-7H,1-3,8-14H2. The van der Waals surface area contributed by atoms with Crippen LogP contribution in [0.15, 0.2) is 83.9 Å². The van der Waals surface area contributed by atoms with E-state index in [1.165, 1.54) is 12.0 Å². The van der Waals surface area contributed by atoms with Gasteiger partial charge in [-0.15, -0.1) is 0 Å². The molecule has 11 nitrogen and oxygen atoms in total. The van der Waals surface area contributed by atoms with Gasteiger partial charge in [-0.2, -0.15) is 0 Å². The van der Waals surface area contributed by atoms with E-state index < -0.39 is 11.1 Å². The average molecular weight is 765 g/mol. The van der Waals surface area contributed by atoms with Crippen LogP contribution in [0.1, 0.15) is 96.8 Å². The smallest absolute Gasteiger partial charge is 0.340 e. The van der Waals surface area contributed by atoms with Crippen LogP contribution in [0.25, 0.3) is 0 Å². The summed E-state index contributed by atoms with van der Waals surface area (Å²) >= 11 is 0. The predicted octanol–water partition coefficient (Wildman–Crippen LogP) is 6.22. The van der Waals surface area contributed by atoms with Crippen molar-refractivity contribution in [1.29, 1.82) is 0 Å². The summed E-state index contributed by atoms with van der Waals surface area (Å²) in [6.07, 6.45) is 9.06. The van der Waals surface area contributed by atoms with Crippen LogP contribution in [0.4, 0.5) is 0 Å². The lowest BCUT2D eigenvalue weighted by Crippen LogP contribution is -2.56. The molecule has 4 fully saturated rings. The number of ether oxygens (including phenoxy) is 4. The second-order valence-electron chi connectivity index (χ2n) is 15.7. The van der Waals surface area contributed by atoms with E-state index in [2.05, 4.69) is 27.2 Å². The van der Waals surface area contributed by atoms with Crippen molar-refractivity contribution in [3.63, 3.8) is 0 Å². The number of rotatable bonds is 10. The molecule has 1 N–H and O–H groups in total. The van der Waals surface area contributed by atoms with Crippen LogP contribution in [0.5, 0.6) is 0 Å². The number of hydrogen-bond donors (Lipinski definition) is 1. The van der Waals surface area contributed by atoms with Crippen molar-refractivity contribution in [3.8, 4) is 0 Å². The molecule has 0 atom stereocenters. The fourth-order valence-corrected chi connectivity index (χ4v) is 8.26. The first-order valence-corrected chi connectivity index (χ1v) is 20.5. The molecule has 0 unspecified atom stereocenters. The normalized spacial score (nSPS) is 20.9. The molecule has 2 saturated carbocycles. The highest BCUT2D eigenvalue weighted by atomic mass is 16.6. The summed E-state index contributed by atoms with van der Waals surface area (Å²) in [7, 11) is 0. The number of hydrogen-bond acceptors (Lipinski definition) is 10. The molecule has 8 rings (SSSR count). The number of aliphatic imine (C=N–C) groups is 1. The van der Waals surface area contributed by atoms with Gasteiger partial charge >= 0.3 is 11.9 Å². The molecule has 11 heteroatoms. The number of carbonyl (C=O) groups excluding carboxylic acids is 3. The van der Waals surface area contributed by atoms with Crippen LogP contribution in [0.2, 0.25) is 0 Å². The molecule has 0 bridgehead atoms. The Labute approximate surface area is 330 Å². The fourth-order valence-electron chi connectivity index (χ4n) is 8.26. The van der Waals surface area contributed by atoms with Crippen molar-refractivity contribution >= 4 is 23.7 Å². The van der Waals surface area contributed by atoms with E-state index >= 15 is 0 Å². The van der Waals surface area contributed by atoms with Crippen LogP contribution in [-0.4, -0.2) is 97.2 Å². The average Bonchev–Trinajstić information content (AvgIpc) is 3.56. The van der Waals surface area contributed by atoms with Gasteiger partial charge in [-0.05, 0) is 66.6 Å². The van der Waals surface area contributed by atoms with Gasteiger partial charge in [0.05, 0.1) is 26.4 Å². The van der Waals surface area contributed by atoms with Gasteiger partial charge in [-0.1, -0.05) is 93.1 Å². The summed E-state index contributed by atoms with van der Waals surface area (Å²) in [5, 5.41) is 3.05. The van der Waals surface area contributed by atoms with Crippen LogP contribution < -0.4 is 5.32 Å². The third-order valence-electron chi connectivity index (χ3n) is 11.7. The minimum absolute atomic E-state index is 0.158. The van der Waals surface area contributed by atoms with Gasteiger partial charge < -0.3 is 24.3 Å². The molecule has 3 heterocycles. The number of benzene rings is 3. The third-order valence-corrected chi connectivity index (χ3v) is 11.7. The maximum absolute atomic E-state index is 13.1. The molecule has 1 amide bonds. The first-order valence-electron chi connectivity index (χ1n) is 20.5. The topological polar surface area (TPSA) is 119 Å². The molecule has 56 heavy (non-hydrogen) atoms. The zero-order valence-electron chi connectivity index (χ0n) is 32.6. The number of cyclic esters (lactones) is 1. The molecular formula is C45H56N4O7. The number of morpholine rings is 2. The zero-order valence-corrected chi connectivity index (χ0v) is 32.6. The highest BCUT2D eigenvalue weighted by Gasteiger charge is 2.46. The lowest BCUT2D eigenvalue weighted by molar-refractivity contribution is -0.154. The number of nitrogens with zero attached hydrogens (tertiary/aromatic N) is 3. The molecule has 2 saturated heterocycles. The minimum atomic E-state index is -0.948. The summed E-state index contributed by atoms with van der Waals surface area (Å²) in [6, 6.07) is 25.5. The zero-order chi connectivity index (χ0) is 38.6. The van der Waals surface area contributed by atoms with Crippen molar-refractivity contribution in [2.24, 2.45) is 4.99 Å². The highest BCUT2D eigenvalue weighted by Crippen LogP contribution is 2.37. The van der Waals surface area contributed by atoms with Gasteiger partial charge in [-0.3, -0.25) is 14.6 Å². The second kappa shape index (κ2) is 19.1. The van der Waals surface area contributed by atoms with Crippen molar-refractivity contribution < 1.29 is 33.3 Å². The number of nitrogens with one attached hydrogen (secondary N) is 1. The van der Waals surface area contributed by atoms with Crippen molar-refractivity contribution in [2.45, 2.75) is 95.0 Å². The van der Waals surface area contributed by atoms with E-state index in [1.807, 2.05) is 66.7 Å². The molecule has 0 aromatic heterocycles. The van der Waals surface area contributed by atoms with Gasteiger partial charge in [-0.25, -0.2) is 14.6 Å². The molecule has 298 valence electrons. The Morgan fingerprint density at radius 3 is 1.77 bits per heavy atom. The molecule has 1 spiro atoms. The second-order valence-corrected chi connectivity index (χ2v) is 15.7. The summed E-state index contributed by atoms with van der Waals surface area (Å²) in [4.78, 5) is 47.9. The van der Waals surface area contributed by atoms with E-state index in [0.29, 0.717) is 24.3 Å². The van der Waals surface area contributed by atoms with E-state index in [4.69, 9.17) is 23.9 Å². The number of carbonyl (C=O) groups is 3. The Morgan fingerprint density at radius 1 is 0.661 bits per heavy atom. The van der Waals surface area contributed by atoms with Gasteiger partial charge in [0.15, 0.2) is 5.54 Å². The largest absolute Gasteiger partial charge is 0.459 e. The van der Waals surface area contributed by atoms with Gasteiger partial charge in [0.2, 0.25) is 5.90 Å². The Bertz CT molecular complexity index is 1770. The Balaban J connectivity index is 0.000000178. The predicted molar refractivity (Wildman–Crippen MR) is 213 cm³/mol. The van der Waals surface area contributed by atoms with Gasteiger partial charge in [0.1, 0.15) is 12.1 Å². The van der Waals surface area contributed by atoms with Crippen LogP contribution in [-0.2, 0) is 48.2 Å². The van der Waals surface area contributed by atoms with E-state index in [-0.39, 0.29) is 24.5 Å². The first-order chi connectivity index (χ1) is 27.4. The van der Waals surface area contributed by atoms with Crippen LogP contribution >= 0.6 is 0 Å². The van der Waals surface area contributed by atoms with Crippen LogP contribution in [0, 0.1) is 0 Å². The van der Waals surface area contributed by atoms with Crippen molar-refractivity contribution in [3.05, 3.63) is 107 Å². The monoisotopic (exact) mass is 764 g/mol. The molecule has 2 aliphatic carbocycles. The molecular weight excluding hydrogens is 709 g/mol. The summed E-state index contributed by atoms with van der Waals surface area (Å²) < 4.78 is 21.9. The SMILES string of the molecule is O=C(NC1(C(=O)OCc2ccccc2)CCCCC1)c1ccc(CN2CCOCC2)cc1.O=C1OC(c2ccc(CN3CCOCC3)cc2)=NC12CCCCC2. The highest BCUT2D eigenvalue weighted by molar-refractivity contribution is 6.08. The van der Waals surface area contributed by atoms with E-state index in [1.54, 1.807) is 0 Å². The molecule has 3 aromatic rings. The lowest BCUT2D eigenvalue weighted by atomic mass is 9.81. The Hall–Kier alpha value is -4.42. The van der Waals surface area contributed by atoms with Crippen molar-refractivity contribution in [1.82, 2.24) is 15.1 Å². The maximum Gasteiger partial charge on any atom is 0.340 e. The molecule has 3 aromatic carbocycles. The molecule has 5 aliphatic rings. The molecule has 3 aliphatic heterocycles. The summed E-state index contributed by atoms with van der Waals surface area (Å²) in [6.45, 7) is 8.97. The summed E-state index contributed by atoms with van der Waals surface area (Å²) in [5.74, 6) is -0.214. The minimum Gasteiger partial charge on any atom is -0.459 e. The first kappa shape index (κ1) is 39.8. The quantitative estimate of drug-likeness (QED) is 0.240. The third kappa shape index (κ3) is 10.3. The Morgan fingerprint density at radius 2 is 1.20 bits per heavy atom. The molecule has 0 radical (unpaired) electrons. The van der Waals surface area contributed by atoms with Gasteiger partial charge in [0.25, 0.3) is 5.91 Å².